The maximum atomic E-state index is 13.2. The summed E-state index contributed by atoms with van der Waals surface area (Å²) in [6.45, 7) is 6.58. The second-order valence-electron chi connectivity index (χ2n) is 8.46. The molecule has 1 aliphatic heterocycles. The van der Waals surface area contributed by atoms with E-state index in [4.69, 9.17) is 0 Å². The largest absolute Gasteiger partial charge is 0.370 e. The van der Waals surface area contributed by atoms with Crippen LogP contribution in [0.3, 0.4) is 0 Å². The minimum absolute atomic E-state index is 0.149. The minimum atomic E-state index is -3.62. The number of hydrogen-bond acceptors (Lipinski definition) is 7. The summed E-state index contributed by atoms with van der Waals surface area (Å²) in [7, 11) is -3.62. The van der Waals surface area contributed by atoms with Crippen LogP contribution in [0.2, 0.25) is 0 Å². The van der Waals surface area contributed by atoms with Crippen molar-refractivity contribution < 1.29 is 13.2 Å². The highest BCUT2D eigenvalue weighted by atomic mass is 32.2. The van der Waals surface area contributed by atoms with Crippen LogP contribution < -0.4 is 10.2 Å². The number of benzene rings is 2. The van der Waals surface area contributed by atoms with Gasteiger partial charge in [-0.05, 0) is 73.0 Å². The van der Waals surface area contributed by atoms with Gasteiger partial charge in [0.15, 0.2) is 0 Å². The molecule has 1 saturated heterocycles. The predicted octanol–water partition coefficient (Wildman–Crippen LogP) is 2.86. The van der Waals surface area contributed by atoms with Crippen LogP contribution in [0, 0.1) is 0 Å². The Morgan fingerprint density at radius 1 is 1.03 bits per heavy atom. The molecule has 1 fully saturated rings. The zero-order valence-corrected chi connectivity index (χ0v) is 20.9. The van der Waals surface area contributed by atoms with E-state index in [1.165, 1.54) is 11.0 Å². The van der Waals surface area contributed by atoms with E-state index in [9.17, 15) is 13.2 Å². The normalized spacial score (nSPS) is 14.6. The summed E-state index contributed by atoms with van der Waals surface area (Å²) in [5.74, 6) is -0.221. The summed E-state index contributed by atoms with van der Waals surface area (Å²) in [5, 5.41) is 14.1. The van der Waals surface area contributed by atoms with E-state index in [0.29, 0.717) is 18.8 Å². The highest BCUT2D eigenvalue weighted by molar-refractivity contribution is 7.89. The van der Waals surface area contributed by atoms with E-state index in [1.54, 1.807) is 22.5 Å². The van der Waals surface area contributed by atoms with Gasteiger partial charge >= 0.3 is 0 Å². The number of amides is 1. The number of nitrogens with one attached hydrogen (secondary N) is 1. The fourth-order valence-electron chi connectivity index (χ4n) is 4.30. The highest BCUT2D eigenvalue weighted by Crippen LogP contribution is 2.31. The summed E-state index contributed by atoms with van der Waals surface area (Å²) in [4.78, 5) is 15.3. The number of sulfonamides is 1. The standard InChI is InChI=1S/C24H31N7O3S/c1-3-29(4-2)23-13-12-21(35(33,34)30-14-6-5-7-15-30)17-22(23)26-24(32)16-19-8-10-20(11-9-19)31-18-25-27-28-31/h8-13,17-18H,3-7,14-16H2,1-2H3,(H,26,32). The molecule has 35 heavy (non-hydrogen) atoms. The Balaban J connectivity index is 1.56. The van der Waals surface area contributed by atoms with Crippen LogP contribution in [0.25, 0.3) is 5.69 Å². The molecule has 0 unspecified atom stereocenters. The first-order valence-corrected chi connectivity index (χ1v) is 13.4. The molecule has 0 radical (unpaired) electrons. The molecule has 0 aliphatic carbocycles. The zero-order chi connectivity index (χ0) is 24.8. The van der Waals surface area contributed by atoms with Crippen LogP contribution in [-0.2, 0) is 21.2 Å². The van der Waals surface area contributed by atoms with Gasteiger partial charge < -0.3 is 10.2 Å². The first-order valence-electron chi connectivity index (χ1n) is 11.9. The summed E-state index contributed by atoms with van der Waals surface area (Å²) >= 11 is 0. The topological polar surface area (TPSA) is 113 Å². The molecule has 0 spiro atoms. The van der Waals surface area contributed by atoms with Crippen molar-refractivity contribution in [3.05, 3.63) is 54.4 Å². The van der Waals surface area contributed by atoms with Crippen LogP contribution in [-0.4, -0.2) is 65.0 Å². The summed E-state index contributed by atoms with van der Waals surface area (Å²) in [5.41, 5.74) is 2.91. The molecule has 0 saturated carbocycles. The zero-order valence-electron chi connectivity index (χ0n) is 20.1. The first-order chi connectivity index (χ1) is 16.9. The van der Waals surface area contributed by atoms with Crippen LogP contribution in [0.4, 0.5) is 11.4 Å². The lowest BCUT2D eigenvalue weighted by Crippen LogP contribution is -2.35. The van der Waals surface area contributed by atoms with Crippen molar-refractivity contribution in [2.75, 3.05) is 36.4 Å². The van der Waals surface area contributed by atoms with E-state index >= 15 is 0 Å². The lowest BCUT2D eigenvalue weighted by atomic mass is 10.1. The third kappa shape index (κ3) is 5.68. The lowest BCUT2D eigenvalue weighted by molar-refractivity contribution is -0.115. The van der Waals surface area contributed by atoms with Crippen LogP contribution in [0.5, 0.6) is 0 Å². The van der Waals surface area contributed by atoms with Gasteiger partial charge in [0, 0.05) is 26.2 Å². The Morgan fingerprint density at radius 2 is 1.74 bits per heavy atom. The summed E-state index contributed by atoms with van der Waals surface area (Å²) in [6.07, 6.45) is 4.43. The molecule has 0 bridgehead atoms. The Hall–Kier alpha value is -3.31. The number of carbonyl (C=O) groups excluding carboxylic acids is 1. The van der Waals surface area contributed by atoms with Gasteiger partial charge in [-0.3, -0.25) is 4.79 Å². The second kappa shape index (κ2) is 11.0. The van der Waals surface area contributed by atoms with Crippen molar-refractivity contribution >= 4 is 27.3 Å². The maximum Gasteiger partial charge on any atom is 0.243 e. The van der Waals surface area contributed by atoms with Crippen LogP contribution in [0.15, 0.2) is 53.7 Å². The molecular formula is C24H31N7O3S. The van der Waals surface area contributed by atoms with Gasteiger partial charge in [0.25, 0.3) is 0 Å². The number of hydrogen-bond donors (Lipinski definition) is 1. The molecule has 1 aromatic heterocycles. The Bertz CT molecular complexity index is 1230. The first kappa shape index (κ1) is 24.8. The Morgan fingerprint density at radius 3 is 2.37 bits per heavy atom. The molecule has 2 aromatic carbocycles. The van der Waals surface area contributed by atoms with E-state index in [1.807, 2.05) is 38.1 Å². The third-order valence-electron chi connectivity index (χ3n) is 6.21. The van der Waals surface area contributed by atoms with Crippen molar-refractivity contribution in [2.24, 2.45) is 0 Å². The summed E-state index contributed by atoms with van der Waals surface area (Å²) in [6, 6.07) is 12.4. The van der Waals surface area contributed by atoms with Gasteiger partial charge in [-0.1, -0.05) is 18.6 Å². The third-order valence-corrected chi connectivity index (χ3v) is 8.11. The lowest BCUT2D eigenvalue weighted by Gasteiger charge is -2.28. The monoisotopic (exact) mass is 497 g/mol. The molecule has 4 rings (SSSR count). The second-order valence-corrected chi connectivity index (χ2v) is 10.4. The molecule has 3 aromatic rings. The van der Waals surface area contributed by atoms with Gasteiger partial charge in [0.2, 0.25) is 15.9 Å². The molecule has 11 heteroatoms. The van der Waals surface area contributed by atoms with Gasteiger partial charge in [0.1, 0.15) is 6.33 Å². The fourth-order valence-corrected chi connectivity index (χ4v) is 5.84. The highest BCUT2D eigenvalue weighted by Gasteiger charge is 2.27. The van der Waals surface area contributed by atoms with Crippen molar-refractivity contribution in [3.63, 3.8) is 0 Å². The number of rotatable bonds is 9. The maximum absolute atomic E-state index is 13.2. The van der Waals surface area contributed by atoms with E-state index in [2.05, 4.69) is 25.7 Å². The minimum Gasteiger partial charge on any atom is -0.370 e. The van der Waals surface area contributed by atoms with E-state index < -0.39 is 10.0 Å². The molecule has 1 N–H and O–H groups in total. The molecule has 2 heterocycles. The smallest absolute Gasteiger partial charge is 0.243 e. The summed E-state index contributed by atoms with van der Waals surface area (Å²) < 4.78 is 29.6. The van der Waals surface area contributed by atoms with Gasteiger partial charge in [-0.15, -0.1) is 5.10 Å². The number of tetrazole rings is 1. The van der Waals surface area contributed by atoms with Gasteiger partial charge in [0.05, 0.1) is 28.4 Å². The van der Waals surface area contributed by atoms with Gasteiger partial charge in [-0.2, -0.15) is 4.31 Å². The molecule has 1 aliphatic rings. The molecule has 0 atom stereocenters. The number of nitrogens with zero attached hydrogens (tertiary/aromatic N) is 6. The molecule has 1 amide bonds. The number of piperidine rings is 1. The van der Waals surface area contributed by atoms with Crippen molar-refractivity contribution in [2.45, 2.75) is 44.4 Å². The number of carbonyl (C=O) groups is 1. The van der Waals surface area contributed by atoms with Gasteiger partial charge in [-0.25, -0.2) is 13.1 Å². The predicted molar refractivity (Wildman–Crippen MR) is 134 cm³/mol. The molecule has 10 nitrogen and oxygen atoms in total. The SMILES string of the molecule is CCN(CC)c1ccc(S(=O)(=O)N2CCCCC2)cc1NC(=O)Cc1ccc(-n2cnnn2)cc1. The van der Waals surface area contributed by atoms with E-state index in [-0.39, 0.29) is 17.2 Å². The van der Waals surface area contributed by atoms with Crippen molar-refractivity contribution in [3.8, 4) is 5.69 Å². The molecule has 186 valence electrons. The van der Waals surface area contributed by atoms with E-state index in [0.717, 1.165) is 49.3 Å². The van der Waals surface area contributed by atoms with Crippen molar-refractivity contribution in [1.82, 2.24) is 24.5 Å². The average molecular weight is 498 g/mol. The number of aromatic nitrogens is 4. The van der Waals surface area contributed by atoms with Crippen LogP contribution in [0.1, 0.15) is 38.7 Å². The van der Waals surface area contributed by atoms with Crippen LogP contribution >= 0.6 is 0 Å². The average Bonchev–Trinajstić information content (AvgIpc) is 3.41. The van der Waals surface area contributed by atoms with Crippen molar-refractivity contribution in [1.29, 1.82) is 0 Å². The Kier molecular flexibility index (Phi) is 7.76. The Labute approximate surface area is 206 Å². The number of anilines is 2. The fraction of sp³-hybridized carbons (Fsp3) is 0.417. The molecular weight excluding hydrogens is 466 g/mol. The quantitative estimate of drug-likeness (QED) is 0.484.